The summed E-state index contributed by atoms with van der Waals surface area (Å²) < 4.78 is 12.6. The molecule has 1 aliphatic heterocycles. The lowest BCUT2D eigenvalue weighted by atomic mass is 10.2. The minimum atomic E-state index is -0.665. The maximum atomic E-state index is 11.8. The molecule has 1 fully saturated rings. The molecule has 1 aromatic heterocycles. The van der Waals surface area contributed by atoms with Crippen LogP contribution in [-0.4, -0.2) is 46.6 Å². The van der Waals surface area contributed by atoms with Crippen LogP contribution >= 0.6 is 0 Å². The van der Waals surface area contributed by atoms with Gasteiger partial charge in [0.1, 0.15) is 18.1 Å². The molecule has 0 radical (unpaired) electrons. The molecule has 3 atom stereocenters. The third-order valence-corrected chi connectivity index (χ3v) is 3.89. The number of ether oxygens (including phenoxy) is 2. The fourth-order valence-corrected chi connectivity index (χ4v) is 2.58. The first kappa shape index (κ1) is 17.9. The van der Waals surface area contributed by atoms with Crippen molar-refractivity contribution in [2.75, 3.05) is 25.5 Å². The number of hydrogen-bond acceptors (Lipinski definition) is 7. The van der Waals surface area contributed by atoms with Gasteiger partial charge in [-0.3, -0.25) is 4.57 Å². The molecule has 0 spiro atoms. The van der Waals surface area contributed by atoms with Crippen LogP contribution in [0, 0.1) is 0 Å². The van der Waals surface area contributed by atoms with Crippen molar-refractivity contribution in [3.8, 4) is 0 Å². The van der Waals surface area contributed by atoms with Gasteiger partial charge in [0.15, 0.2) is 0 Å². The van der Waals surface area contributed by atoms with Gasteiger partial charge < -0.3 is 26.0 Å². The summed E-state index contributed by atoms with van der Waals surface area (Å²) in [6.07, 6.45) is 4.42. The van der Waals surface area contributed by atoms with Crippen molar-refractivity contribution in [1.29, 1.82) is 0 Å². The molecule has 0 bridgehead atoms. The van der Waals surface area contributed by atoms with Crippen LogP contribution in [0.15, 0.2) is 17.1 Å². The summed E-state index contributed by atoms with van der Waals surface area (Å²) in [6.45, 7) is 1.67. The van der Waals surface area contributed by atoms with Crippen molar-refractivity contribution in [3.05, 3.63) is 22.7 Å². The molecule has 8 heteroatoms. The van der Waals surface area contributed by atoms with Gasteiger partial charge in [-0.05, 0) is 25.5 Å². The Morgan fingerprint density at radius 2 is 2.17 bits per heavy atom. The zero-order chi connectivity index (χ0) is 16.7. The number of aliphatic hydroxyl groups is 1. The molecule has 2 heterocycles. The predicted molar refractivity (Wildman–Crippen MR) is 85.8 cm³/mol. The molecule has 5 N–H and O–H groups in total. The summed E-state index contributed by atoms with van der Waals surface area (Å²) in [5, 5.41) is 10.1. The van der Waals surface area contributed by atoms with E-state index in [9.17, 15) is 9.90 Å². The van der Waals surface area contributed by atoms with Gasteiger partial charge in [0.05, 0.1) is 12.7 Å². The van der Waals surface area contributed by atoms with Gasteiger partial charge in [0.2, 0.25) is 0 Å². The summed E-state index contributed by atoms with van der Waals surface area (Å²) >= 11 is 0. The molecule has 0 amide bonds. The van der Waals surface area contributed by atoms with Gasteiger partial charge in [-0.15, -0.1) is 0 Å². The van der Waals surface area contributed by atoms with E-state index >= 15 is 0 Å². The van der Waals surface area contributed by atoms with Crippen molar-refractivity contribution in [3.63, 3.8) is 0 Å². The van der Waals surface area contributed by atoms with Crippen LogP contribution in [-0.2, 0) is 9.47 Å². The van der Waals surface area contributed by atoms with Crippen LogP contribution < -0.4 is 17.2 Å². The Balaban J connectivity index is 1.74. The van der Waals surface area contributed by atoms with Gasteiger partial charge in [-0.1, -0.05) is 12.8 Å². The van der Waals surface area contributed by atoms with Crippen LogP contribution in [0.3, 0.4) is 0 Å². The molecule has 23 heavy (non-hydrogen) atoms. The van der Waals surface area contributed by atoms with Crippen molar-refractivity contribution < 1.29 is 14.6 Å². The number of aliphatic hydroxyl groups excluding tert-OH is 1. The number of nitrogens with zero attached hydrogens (tertiary/aromatic N) is 2. The second-order valence-electron chi connectivity index (χ2n) is 5.75. The quantitative estimate of drug-likeness (QED) is 0.546. The predicted octanol–water partition coefficient (Wildman–Crippen LogP) is 0.00960. The van der Waals surface area contributed by atoms with E-state index in [1.54, 1.807) is 0 Å². The van der Waals surface area contributed by atoms with E-state index in [2.05, 4.69) is 4.98 Å². The van der Waals surface area contributed by atoms with Crippen LogP contribution in [0.2, 0.25) is 0 Å². The minimum Gasteiger partial charge on any atom is -0.390 e. The van der Waals surface area contributed by atoms with Crippen LogP contribution in [0.5, 0.6) is 0 Å². The maximum Gasteiger partial charge on any atom is 0.351 e. The van der Waals surface area contributed by atoms with Crippen molar-refractivity contribution in [2.24, 2.45) is 5.73 Å². The molecular weight excluding hydrogens is 300 g/mol. The van der Waals surface area contributed by atoms with Crippen molar-refractivity contribution in [1.82, 2.24) is 9.55 Å². The van der Waals surface area contributed by atoms with Gasteiger partial charge in [0, 0.05) is 19.2 Å². The van der Waals surface area contributed by atoms with E-state index in [4.69, 9.17) is 20.9 Å². The number of nitrogen functional groups attached to an aromatic ring is 1. The smallest absolute Gasteiger partial charge is 0.351 e. The van der Waals surface area contributed by atoms with Crippen LogP contribution in [0.4, 0.5) is 5.82 Å². The van der Waals surface area contributed by atoms with E-state index in [0.29, 0.717) is 19.6 Å². The molecule has 0 unspecified atom stereocenters. The summed E-state index contributed by atoms with van der Waals surface area (Å²) in [6, 6.07) is 1.53. The molecule has 8 nitrogen and oxygen atoms in total. The molecule has 0 aromatic carbocycles. The molecule has 0 saturated carbocycles. The maximum absolute atomic E-state index is 11.8. The Labute approximate surface area is 135 Å². The number of hydrogen-bond donors (Lipinski definition) is 3. The van der Waals surface area contributed by atoms with Crippen LogP contribution in [0.25, 0.3) is 0 Å². The van der Waals surface area contributed by atoms with E-state index < -0.39 is 24.1 Å². The summed E-state index contributed by atoms with van der Waals surface area (Å²) in [7, 11) is 0. The lowest BCUT2D eigenvalue weighted by Crippen LogP contribution is -2.28. The molecule has 1 aromatic rings. The van der Waals surface area contributed by atoms with E-state index in [1.165, 1.54) is 16.8 Å². The average molecular weight is 326 g/mol. The van der Waals surface area contributed by atoms with Crippen molar-refractivity contribution >= 4 is 5.82 Å². The molecule has 0 aliphatic carbocycles. The van der Waals surface area contributed by atoms with E-state index in [0.717, 1.165) is 32.2 Å². The number of rotatable bonds is 9. The Kier molecular flexibility index (Phi) is 6.97. The Morgan fingerprint density at radius 3 is 2.91 bits per heavy atom. The summed E-state index contributed by atoms with van der Waals surface area (Å²) in [4.78, 5) is 15.5. The molecule has 130 valence electrons. The van der Waals surface area contributed by atoms with Gasteiger partial charge in [0.25, 0.3) is 0 Å². The lowest BCUT2D eigenvalue weighted by Gasteiger charge is -2.16. The zero-order valence-electron chi connectivity index (χ0n) is 13.3. The first-order chi connectivity index (χ1) is 11.1. The highest BCUT2D eigenvalue weighted by Crippen LogP contribution is 2.27. The van der Waals surface area contributed by atoms with Gasteiger partial charge >= 0.3 is 5.69 Å². The highest BCUT2D eigenvalue weighted by atomic mass is 16.6. The first-order valence-corrected chi connectivity index (χ1v) is 8.08. The molecule has 1 aliphatic rings. The molecule has 1 saturated heterocycles. The number of unbranched alkanes of at least 4 members (excludes halogenated alkanes) is 3. The number of anilines is 1. The first-order valence-electron chi connectivity index (χ1n) is 8.08. The second kappa shape index (κ2) is 8.97. The fraction of sp³-hybridized carbons (Fsp3) is 0.733. The molecule has 2 rings (SSSR count). The number of nitrogens with two attached hydrogens (primary N) is 2. The van der Waals surface area contributed by atoms with Crippen LogP contribution in [0.1, 0.15) is 38.3 Å². The Morgan fingerprint density at radius 1 is 1.39 bits per heavy atom. The van der Waals surface area contributed by atoms with E-state index in [-0.39, 0.29) is 5.82 Å². The molecular formula is C15H26N4O4. The van der Waals surface area contributed by atoms with Gasteiger partial charge in [-0.2, -0.15) is 4.98 Å². The SMILES string of the molecule is NCCCCCCOC[C@H]1O[C@@H](n2ccc(N)nc2=O)C[C@@H]1O. The summed E-state index contributed by atoms with van der Waals surface area (Å²) in [5.74, 6) is 0.166. The van der Waals surface area contributed by atoms with Crippen molar-refractivity contribution in [2.45, 2.75) is 50.5 Å². The second-order valence-corrected chi connectivity index (χ2v) is 5.75. The fourth-order valence-electron chi connectivity index (χ4n) is 2.58. The highest BCUT2D eigenvalue weighted by molar-refractivity contribution is 5.23. The third kappa shape index (κ3) is 5.28. The average Bonchev–Trinajstić information content (AvgIpc) is 2.87. The highest BCUT2D eigenvalue weighted by Gasteiger charge is 2.35. The third-order valence-electron chi connectivity index (χ3n) is 3.89. The topological polar surface area (TPSA) is 126 Å². The number of aromatic nitrogens is 2. The lowest BCUT2D eigenvalue weighted by molar-refractivity contribution is -0.0637. The summed E-state index contributed by atoms with van der Waals surface area (Å²) in [5.41, 5.74) is 10.4. The van der Waals surface area contributed by atoms with E-state index in [1.807, 2.05) is 0 Å². The Hall–Kier alpha value is -1.48. The Bertz CT molecular complexity index is 536. The minimum absolute atomic E-state index is 0.166. The largest absolute Gasteiger partial charge is 0.390 e. The van der Waals surface area contributed by atoms with Gasteiger partial charge in [-0.25, -0.2) is 4.79 Å². The monoisotopic (exact) mass is 326 g/mol. The normalized spacial score (nSPS) is 24.2. The zero-order valence-corrected chi connectivity index (χ0v) is 13.3. The standard InChI is InChI=1S/C15H26N4O4/c16-6-3-1-2-4-8-22-10-12-11(20)9-14(23-12)19-7-5-13(17)18-15(19)21/h5,7,11-12,14,20H,1-4,6,8-10,16H2,(H2,17,18,21)/t11-,12+,14+/m0/s1.